The summed E-state index contributed by atoms with van der Waals surface area (Å²) < 4.78 is 29.7. The first-order valence-corrected chi connectivity index (χ1v) is 10.3. The Labute approximate surface area is 176 Å². The van der Waals surface area contributed by atoms with E-state index in [-0.39, 0.29) is 6.42 Å². The van der Waals surface area contributed by atoms with E-state index < -0.39 is 12.5 Å². The molecule has 1 rings (SSSR count). The highest BCUT2D eigenvalue weighted by atomic mass is 19.3. The molecule has 0 aliphatic rings. The predicted molar refractivity (Wildman–Crippen MR) is 125 cm³/mol. The van der Waals surface area contributed by atoms with Crippen LogP contribution in [0.15, 0.2) is 41.4 Å². The lowest BCUT2D eigenvalue weighted by atomic mass is 9.97. The number of halogens is 2. The molecule has 0 aliphatic heterocycles. The molecule has 0 saturated carbocycles. The molecular weight excluding hydrogens is 370 g/mol. The van der Waals surface area contributed by atoms with Gasteiger partial charge in [0.25, 0.3) is 5.92 Å². The zero-order chi connectivity index (χ0) is 22.9. The molecule has 1 aromatic carbocycles. The molecule has 0 aromatic heterocycles. The van der Waals surface area contributed by atoms with Crippen LogP contribution in [0.1, 0.15) is 65.0 Å². The maximum absolute atomic E-state index is 12.5. The Morgan fingerprint density at radius 2 is 1.90 bits per heavy atom. The summed E-state index contributed by atoms with van der Waals surface area (Å²) in [7, 11) is 1.75. The van der Waals surface area contributed by atoms with E-state index in [0.717, 1.165) is 35.2 Å². The van der Waals surface area contributed by atoms with E-state index in [4.69, 9.17) is 10.5 Å². The zero-order valence-corrected chi connectivity index (χ0v) is 19.3. The van der Waals surface area contributed by atoms with E-state index in [0.29, 0.717) is 6.61 Å². The van der Waals surface area contributed by atoms with E-state index in [1.807, 2.05) is 58.9 Å². The van der Waals surface area contributed by atoms with Gasteiger partial charge in [-0.3, -0.25) is 4.99 Å². The zero-order valence-electron chi connectivity index (χ0n) is 19.3. The van der Waals surface area contributed by atoms with Crippen molar-refractivity contribution in [3.05, 3.63) is 47.6 Å². The number of unbranched alkanes of at least 4 members (excludes halogenated alkanes) is 1. The van der Waals surface area contributed by atoms with Crippen LogP contribution in [0, 0.1) is 6.92 Å². The Morgan fingerprint density at radius 1 is 1.28 bits per heavy atom. The summed E-state index contributed by atoms with van der Waals surface area (Å²) >= 11 is 0. The molecular formula is C24H40F2N2O. The van der Waals surface area contributed by atoms with Gasteiger partial charge in [0.15, 0.2) is 0 Å². The highest BCUT2D eigenvalue weighted by Crippen LogP contribution is 2.26. The van der Waals surface area contributed by atoms with Crippen molar-refractivity contribution in [2.45, 2.75) is 66.7 Å². The van der Waals surface area contributed by atoms with Gasteiger partial charge in [0, 0.05) is 37.5 Å². The maximum Gasteiger partial charge on any atom is 0.270 e. The minimum Gasteiger partial charge on any atom is -0.398 e. The molecule has 0 saturated heterocycles. The summed E-state index contributed by atoms with van der Waals surface area (Å²) in [6, 6.07) is 5.95. The van der Waals surface area contributed by atoms with Gasteiger partial charge in [-0.1, -0.05) is 58.4 Å². The number of benzene rings is 1. The van der Waals surface area contributed by atoms with Crippen molar-refractivity contribution in [1.29, 1.82) is 0 Å². The number of aryl methyl sites for hydroxylation is 1. The van der Waals surface area contributed by atoms with Gasteiger partial charge in [0.05, 0.1) is 0 Å². The van der Waals surface area contributed by atoms with Gasteiger partial charge in [0.1, 0.15) is 6.61 Å². The summed E-state index contributed by atoms with van der Waals surface area (Å²) in [4.78, 5) is 4.01. The van der Waals surface area contributed by atoms with Crippen LogP contribution in [0.5, 0.6) is 0 Å². The second kappa shape index (κ2) is 16.9. The molecule has 0 radical (unpaired) electrons. The van der Waals surface area contributed by atoms with Crippen molar-refractivity contribution in [2.75, 3.05) is 26.0 Å². The van der Waals surface area contributed by atoms with Crippen LogP contribution < -0.4 is 5.73 Å². The predicted octanol–water partition coefficient (Wildman–Crippen LogP) is 7.11. The van der Waals surface area contributed by atoms with Gasteiger partial charge in [-0.25, -0.2) is 8.78 Å². The van der Waals surface area contributed by atoms with Crippen LogP contribution in [-0.2, 0) is 4.74 Å². The molecule has 2 N–H and O–H groups in total. The summed E-state index contributed by atoms with van der Waals surface area (Å²) in [6.45, 7) is 15.6. The van der Waals surface area contributed by atoms with Gasteiger partial charge in [-0.2, -0.15) is 0 Å². The third-order valence-corrected chi connectivity index (χ3v) is 3.93. The van der Waals surface area contributed by atoms with Crippen LogP contribution in [0.3, 0.4) is 0 Å². The molecule has 0 bridgehead atoms. The lowest BCUT2D eigenvalue weighted by Crippen LogP contribution is -2.22. The average Bonchev–Trinajstić information content (AvgIpc) is 2.72. The highest BCUT2D eigenvalue weighted by molar-refractivity contribution is 6.01. The monoisotopic (exact) mass is 410 g/mol. The average molecular weight is 411 g/mol. The molecule has 0 aliphatic carbocycles. The van der Waals surface area contributed by atoms with E-state index in [1.165, 1.54) is 12.5 Å². The smallest absolute Gasteiger partial charge is 0.270 e. The lowest BCUT2D eigenvalue weighted by Gasteiger charge is -2.13. The van der Waals surface area contributed by atoms with Crippen molar-refractivity contribution >= 4 is 17.5 Å². The molecule has 166 valence electrons. The van der Waals surface area contributed by atoms with Crippen molar-refractivity contribution in [1.82, 2.24) is 0 Å². The summed E-state index contributed by atoms with van der Waals surface area (Å²) in [5.41, 5.74) is 10.8. The quantitative estimate of drug-likeness (QED) is 0.204. The fourth-order valence-corrected chi connectivity index (χ4v) is 2.12. The van der Waals surface area contributed by atoms with Crippen molar-refractivity contribution in [3.8, 4) is 0 Å². The van der Waals surface area contributed by atoms with Crippen LogP contribution in [0.4, 0.5) is 14.5 Å². The first-order chi connectivity index (χ1) is 13.7. The van der Waals surface area contributed by atoms with Crippen molar-refractivity contribution in [3.63, 3.8) is 0 Å². The molecule has 0 fully saturated rings. The number of rotatable bonds is 9. The van der Waals surface area contributed by atoms with E-state index in [9.17, 15) is 8.78 Å². The molecule has 0 atom stereocenters. The topological polar surface area (TPSA) is 47.6 Å². The second-order valence-electron chi connectivity index (χ2n) is 6.32. The third kappa shape index (κ3) is 12.9. The Morgan fingerprint density at radius 3 is 2.38 bits per heavy atom. The lowest BCUT2D eigenvalue weighted by molar-refractivity contribution is -0.0792. The van der Waals surface area contributed by atoms with Gasteiger partial charge in [-0.05, 0) is 43.5 Å². The van der Waals surface area contributed by atoms with Gasteiger partial charge < -0.3 is 10.5 Å². The van der Waals surface area contributed by atoms with Gasteiger partial charge in [0.2, 0.25) is 0 Å². The highest BCUT2D eigenvalue weighted by Gasteiger charge is 2.25. The van der Waals surface area contributed by atoms with Crippen LogP contribution in [0.2, 0.25) is 0 Å². The second-order valence-corrected chi connectivity index (χ2v) is 6.32. The number of nitrogens with zero attached hydrogens (tertiary/aromatic N) is 1. The molecule has 1 aromatic rings. The summed E-state index contributed by atoms with van der Waals surface area (Å²) in [5.74, 6) is -2.63. The van der Waals surface area contributed by atoms with Crippen LogP contribution in [0.25, 0.3) is 5.57 Å². The first-order valence-electron chi connectivity index (χ1n) is 10.3. The number of hydrogen-bond donors (Lipinski definition) is 1. The maximum atomic E-state index is 12.5. The summed E-state index contributed by atoms with van der Waals surface area (Å²) in [5, 5.41) is 0. The number of hydrogen-bond acceptors (Lipinski definition) is 3. The van der Waals surface area contributed by atoms with Crippen molar-refractivity contribution < 1.29 is 13.5 Å². The molecule has 0 unspecified atom stereocenters. The Bertz CT molecular complexity index is 638. The van der Waals surface area contributed by atoms with E-state index in [1.54, 1.807) is 13.3 Å². The number of ether oxygens (including phenoxy) is 1. The Hall–Kier alpha value is -2.01. The Kier molecular flexibility index (Phi) is 17.0. The van der Waals surface area contributed by atoms with Gasteiger partial charge in [-0.15, -0.1) is 0 Å². The molecule has 0 amide bonds. The fraction of sp³-hybridized carbons (Fsp3) is 0.542. The van der Waals surface area contributed by atoms with Crippen LogP contribution in [-0.4, -0.2) is 32.4 Å². The molecule has 0 heterocycles. The SMILES string of the molecule is C=C(/C(C=NC)=C/C)c1cc(C)ccc1N.CC.CCCCOCC(F)(F)CC. The molecule has 29 heavy (non-hydrogen) atoms. The number of nitrogen functional groups attached to an aromatic ring is 1. The molecule has 5 heteroatoms. The fourth-order valence-electron chi connectivity index (χ4n) is 2.12. The standard InChI is InChI=1S/C14H18N2.C8H16F2O.C2H6/c1-5-12(9-16-4)11(3)13-8-10(2)6-7-14(13)15;1-3-5-6-11-7-8(9,10)4-2;1-2/h5-9H,3,15H2,1-2,4H3;3-7H2,1-2H3;1-2H3/b12-5+,16-9?;;. The van der Waals surface area contributed by atoms with E-state index >= 15 is 0 Å². The summed E-state index contributed by atoms with van der Waals surface area (Å²) in [6.07, 6.45) is 5.48. The number of allylic oxidation sites excluding steroid dienone is 3. The van der Waals surface area contributed by atoms with Gasteiger partial charge >= 0.3 is 0 Å². The number of anilines is 1. The minimum atomic E-state index is -2.63. The normalized spacial score (nSPS) is 11.4. The van der Waals surface area contributed by atoms with E-state index in [2.05, 4.69) is 11.6 Å². The van der Waals surface area contributed by atoms with Crippen LogP contribution >= 0.6 is 0 Å². The molecule has 0 spiro atoms. The third-order valence-electron chi connectivity index (χ3n) is 3.93. The number of nitrogens with two attached hydrogens (primary N) is 1. The number of aliphatic imine (C=N–C) groups is 1. The molecule has 3 nitrogen and oxygen atoms in total. The minimum absolute atomic E-state index is 0.140. The first kappa shape index (κ1) is 29.2. The van der Waals surface area contributed by atoms with Crippen molar-refractivity contribution in [2.24, 2.45) is 4.99 Å². The Balaban J connectivity index is 0. The number of alkyl halides is 2. The largest absolute Gasteiger partial charge is 0.398 e.